The first-order chi connectivity index (χ1) is 8.78. The molecule has 0 aliphatic heterocycles. The molecule has 0 unspecified atom stereocenters. The molecule has 0 radical (unpaired) electrons. The number of nitrogens with one attached hydrogen (secondary N) is 1. The highest BCUT2D eigenvalue weighted by Crippen LogP contribution is 2.08. The van der Waals surface area contributed by atoms with Crippen LogP contribution in [0.1, 0.15) is 26.3 Å². The van der Waals surface area contributed by atoms with Gasteiger partial charge in [-0.15, -0.1) is 0 Å². The van der Waals surface area contributed by atoms with Crippen molar-refractivity contribution in [1.29, 1.82) is 0 Å². The van der Waals surface area contributed by atoms with E-state index in [0.29, 0.717) is 0 Å². The standard InChI is InChI=1S/C14H19NO4/c1-14(2,3)19-13(18)15-11(12(16)17)9-10-7-5-4-6-8-10/h4-8,11H,9H2,1-3H3,(H,15,18)(H,16,17)/t11-/m0/s1/i13+1. The average Bonchev–Trinajstić information content (AvgIpc) is 2.26. The molecule has 0 fully saturated rings. The molecule has 0 spiro atoms. The van der Waals surface area contributed by atoms with Gasteiger partial charge in [0.25, 0.3) is 0 Å². The van der Waals surface area contributed by atoms with E-state index in [1.807, 2.05) is 30.3 Å². The Morgan fingerprint density at radius 2 is 1.84 bits per heavy atom. The van der Waals surface area contributed by atoms with Gasteiger partial charge in [-0.25, -0.2) is 9.59 Å². The van der Waals surface area contributed by atoms with Crippen LogP contribution in [0.4, 0.5) is 4.79 Å². The van der Waals surface area contributed by atoms with Crippen molar-refractivity contribution in [2.75, 3.05) is 0 Å². The first-order valence-electron chi connectivity index (χ1n) is 6.04. The van der Waals surface area contributed by atoms with Gasteiger partial charge in [0.05, 0.1) is 0 Å². The van der Waals surface area contributed by atoms with E-state index in [-0.39, 0.29) is 6.42 Å². The number of benzene rings is 1. The minimum atomic E-state index is -1.09. The van der Waals surface area contributed by atoms with E-state index < -0.39 is 23.7 Å². The van der Waals surface area contributed by atoms with Gasteiger partial charge in [-0.3, -0.25) is 0 Å². The molecular formula is C14H19NO4. The van der Waals surface area contributed by atoms with Gasteiger partial charge >= 0.3 is 12.1 Å². The highest BCUT2D eigenvalue weighted by Gasteiger charge is 2.23. The number of ether oxygens (including phenoxy) is 1. The summed E-state index contributed by atoms with van der Waals surface area (Å²) < 4.78 is 5.04. The SMILES string of the molecule is CC(C)(C)O[13C](=O)N[C@@H](Cc1ccccc1)C(=O)O. The summed E-state index contributed by atoms with van der Waals surface area (Å²) >= 11 is 0. The normalized spacial score (nSPS) is 12.6. The Morgan fingerprint density at radius 1 is 1.26 bits per heavy atom. The zero-order valence-electron chi connectivity index (χ0n) is 11.3. The van der Waals surface area contributed by atoms with Gasteiger partial charge in [0.1, 0.15) is 11.6 Å². The van der Waals surface area contributed by atoms with Gasteiger partial charge in [-0.2, -0.15) is 0 Å². The van der Waals surface area contributed by atoms with Gasteiger partial charge in [0.2, 0.25) is 0 Å². The molecule has 5 heteroatoms. The van der Waals surface area contributed by atoms with E-state index in [4.69, 9.17) is 9.84 Å². The minimum Gasteiger partial charge on any atom is -0.480 e. The third-order valence-electron chi connectivity index (χ3n) is 2.27. The number of hydrogen-bond donors (Lipinski definition) is 2. The molecule has 1 atom stereocenters. The van der Waals surface area contributed by atoms with Gasteiger partial charge in [-0.1, -0.05) is 30.3 Å². The number of hydrogen-bond acceptors (Lipinski definition) is 3. The van der Waals surface area contributed by atoms with Crippen molar-refractivity contribution >= 4 is 12.1 Å². The van der Waals surface area contributed by atoms with E-state index in [0.717, 1.165) is 5.56 Å². The van der Waals surface area contributed by atoms with E-state index in [9.17, 15) is 9.59 Å². The van der Waals surface area contributed by atoms with E-state index in [1.54, 1.807) is 20.8 Å². The molecule has 1 rings (SSSR count). The number of carbonyl (C=O) groups excluding carboxylic acids is 1. The van der Waals surface area contributed by atoms with Gasteiger partial charge in [0.15, 0.2) is 0 Å². The van der Waals surface area contributed by atoms with Gasteiger partial charge in [-0.05, 0) is 26.3 Å². The Balaban J connectivity index is 2.64. The van der Waals surface area contributed by atoms with Crippen LogP contribution in [0, 0.1) is 0 Å². The molecule has 2 N–H and O–H groups in total. The van der Waals surface area contributed by atoms with Crippen LogP contribution in [0.15, 0.2) is 30.3 Å². The van der Waals surface area contributed by atoms with E-state index in [2.05, 4.69) is 5.32 Å². The smallest absolute Gasteiger partial charge is 0.408 e. The first kappa shape index (κ1) is 15.0. The predicted octanol–water partition coefficient (Wildman–Crippen LogP) is 2.21. The number of rotatable bonds is 4. The number of alkyl carbamates (subject to hydrolysis) is 1. The summed E-state index contributed by atoms with van der Waals surface area (Å²) in [5, 5.41) is 11.5. The van der Waals surface area contributed by atoms with Crippen molar-refractivity contribution < 1.29 is 19.4 Å². The lowest BCUT2D eigenvalue weighted by molar-refractivity contribution is -0.139. The third kappa shape index (κ3) is 5.90. The summed E-state index contributed by atoms with van der Waals surface area (Å²) in [5.41, 5.74) is 0.186. The van der Waals surface area contributed by atoms with Gasteiger partial charge in [0, 0.05) is 6.42 Å². The fourth-order valence-corrected chi connectivity index (χ4v) is 1.50. The second-order valence-corrected chi connectivity index (χ2v) is 5.23. The molecule has 0 aromatic heterocycles. The lowest BCUT2D eigenvalue weighted by atomic mass is 10.1. The highest BCUT2D eigenvalue weighted by molar-refractivity contribution is 5.80. The van der Waals surface area contributed by atoms with Crippen LogP contribution < -0.4 is 5.32 Å². The molecule has 5 nitrogen and oxygen atoms in total. The van der Waals surface area contributed by atoms with Crippen LogP contribution in [0.5, 0.6) is 0 Å². The number of carboxylic acid groups (broad SMARTS) is 1. The quantitative estimate of drug-likeness (QED) is 0.819. The number of carboxylic acids is 1. The maximum atomic E-state index is 11.6. The third-order valence-corrected chi connectivity index (χ3v) is 2.27. The first-order valence-corrected chi connectivity index (χ1v) is 6.04. The molecule has 1 amide bonds. The molecule has 0 aliphatic carbocycles. The molecule has 0 saturated carbocycles. The van der Waals surface area contributed by atoms with Crippen LogP contribution in [0.25, 0.3) is 0 Å². The fraction of sp³-hybridized carbons (Fsp3) is 0.429. The Morgan fingerprint density at radius 3 is 2.32 bits per heavy atom. The van der Waals surface area contributed by atoms with Crippen LogP contribution >= 0.6 is 0 Å². The summed E-state index contributed by atoms with van der Waals surface area (Å²) in [7, 11) is 0. The van der Waals surface area contributed by atoms with E-state index in [1.165, 1.54) is 0 Å². The molecule has 1 aromatic carbocycles. The zero-order valence-corrected chi connectivity index (χ0v) is 11.3. The van der Waals surface area contributed by atoms with Crippen molar-refractivity contribution in [3.8, 4) is 0 Å². The Labute approximate surface area is 112 Å². The van der Waals surface area contributed by atoms with Crippen molar-refractivity contribution in [3.05, 3.63) is 35.9 Å². The lowest BCUT2D eigenvalue weighted by Gasteiger charge is -2.22. The highest BCUT2D eigenvalue weighted by atomic mass is 16.7. The van der Waals surface area contributed by atoms with Crippen LogP contribution in [-0.2, 0) is 16.0 Å². The van der Waals surface area contributed by atoms with E-state index >= 15 is 0 Å². The monoisotopic (exact) mass is 266 g/mol. The fourth-order valence-electron chi connectivity index (χ4n) is 1.50. The largest absolute Gasteiger partial charge is 0.480 e. The van der Waals surface area contributed by atoms with Crippen molar-refractivity contribution in [2.45, 2.75) is 38.8 Å². The maximum Gasteiger partial charge on any atom is 0.408 e. The second-order valence-electron chi connectivity index (χ2n) is 5.23. The van der Waals surface area contributed by atoms with Gasteiger partial charge < -0.3 is 15.2 Å². The average molecular weight is 266 g/mol. The molecule has 0 aliphatic rings. The summed E-state index contributed by atoms with van der Waals surface area (Å²) in [6, 6.07) is 8.11. The Kier molecular flexibility index (Phi) is 4.92. The number of carbonyl (C=O) groups is 2. The van der Waals surface area contributed by atoms with Crippen LogP contribution in [0.2, 0.25) is 0 Å². The van der Waals surface area contributed by atoms with Crippen LogP contribution in [-0.4, -0.2) is 28.8 Å². The number of aliphatic carboxylic acids is 1. The summed E-state index contributed by atoms with van der Waals surface area (Å²) in [6.07, 6.45) is -0.508. The van der Waals surface area contributed by atoms with Crippen molar-refractivity contribution in [3.63, 3.8) is 0 Å². The molecule has 104 valence electrons. The molecule has 1 aromatic rings. The molecular weight excluding hydrogens is 247 g/mol. The molecule has 19 heavy (non-hydrogen) atoms. The van der Waals surface area contributed by atoms with Crippen molar-refractivity contribution in [1.82, 2.24) is 5.32 Å². The summed E-state index contributed by atoms with van der Waals surface area (Å²) in [4.78, 5) is 22.7. The Bertz CT molecular complexity index is 437. The van der Waals surface area contributed by atoms with Crippen LogP contribution in [0.3, 0.4) is 0 Å². The molecule has 0 saturated heterocycles. The minimum absolute atomic E-state index is 0.218. The predicted molar refractivity (Wildman–Crippen MR) is 70.9 cm³/mol. The Hall–Kier alpha value is -2.04. The maximum absolute atomic E-state index is 11.6. The summed E-state index contributed by atoms with van der Waals surface area (Å²) in [5.74, 6) is -1.09. The topological polar surface area (TPSA) is 75.6 Å². The zero-order chi connectivity index (χ0) is 14.5. The summed E-state index contributed by atoms with van der Waals surface area (Å²) in [6.45, 7) is 5.17. The van der Waals surface area contributed by atoms with Crippen molar-refractivity contribution in [2.24, 2.45) is 0 Å². The molecule has 0 bridgehead atoms. The second kappa shape index (κ2) is 6.22. The number of amides is 1. The lowest BCUT2D eigenvalue weighted by Crippen LogP contribution is -2.44. The molecule has 0 heterocycles.